The number of sulfonamides is 1. The zero-order valence-corrected chi connectivity index (χ0v) is 18.9. The van der Waals surface area contributed by atoms with E-state index in [1.807, 2.05) is 35.7 Å². The molecule has 3 aromatic rings. The van der Waals surface area contributed by atoms with Crippen molar-refractivity contribution in [2.45, 2.75) is 17.5 Å². The molecule has 6 nitrogen and oxygen atoms in total. The highest BCUT2D eigenvalue weighted by atomic mass is 35.5. The molecule has 30 heavy (non-hydrogen) atoms. The number of hydrogen-bond acceptors (Lipinski definition) is 6. The molecule has 0 saturated carbocycles. The smallest absolute Gasteiger partial charge is 0.244 e. The van der Waals surface area contributed by atoms with Crippen LogP contribution in [0.25, 0.3) is 10.6 Å². The second-order valence-corrected chi connectivity index (χ2v) is 10.8. The van der Waals surface area contributed by atoms with Crippen LogP contribution in [0.1, 0.15) is 5.69 Å². The highest BCUT2D eigenvalue weighted by molar-refractivity contribution is 8.00. The molecule has 2 aromatic carbocycles. The Bertz CT molecular complexity index is 1150. The fourth-order valence-electron chi connectivity index (χ4n) is 3.03. The van der Waals surface area contributed by atoms with Crippen LogP contribution in [-0.4, -0.2) is 41.3 Å². The van der Waals surface area contributed by atoms with Crippen molar-refractivity contribution < 1.29 is 13.2 Å². The van der Waals surface area contributed by atoms with Crippen LogP contribution in [0, 0.1) is 0 Å². The van der Waals surface area contributed by atoms with Gasteiger partial charge in [0, 0.05) is 21.7 Å². The van der Waals surface area contributed by atoms with Gasteiger partial charge in [0.25, 0.3) is 0 Å². The van der Waals surface area contributed by atoms with Crippen molar-refractivity contribution in [1.29, 1.82) is 0 Å². The predicted octanol–water partition coefficient (Wildman–Crippen LogP) is 3.84. The minimum Gasteiger partial charge on any atom is -0.349 e. The fraction of sp³-hybridized carbons (Fsp3) is 0.200. The Morgan fingerprint density at radius 2 is 2.00 bits per heavy atom. The maximum atomic E-state index is 13.0. The number of nitrogens with zero attached hydrogens (tertiary/aromatic N) is 2. The summed E-state index contributed by atoms with van der Waals surface area (Å²) in [7, 11) is -3.82. The van der Waals surface area contributed by atoms with E-state index < -0.39 is 16.1 Å². The van der Waals surface area contributed by atoms with Crippen LogP contribution < -0.4 is 5.32 Å². The first kappa shape index (κ1) is 21.3. The molecule has 2 heterocycles. The molecule has 1 fully saturated rings. The molecule has 4 rings (SSSR count). The van der Waals surface area contributed by atoms with Crippen molar-refractivity contribution in [2.75, 3.05) is 11.6 Å². The van der Waals surface area contributed by atoms with Gasteiger partial charge in [0.05, 0.1) is 23.0 Å². The monoisotopic (exact) mass is 479 g/mol. The van der Waals surface area contributed by atoms with Gasteiger partial charge in [0.2, 0.25) is 15.9 Å². The fourth-order valence-corrected chi connectivity index (χ4v) is 7.31. The quantitative estimate of drug-likeness (QED) is 0.581. The number of thioether (sulfide) groups is 1. The summed E-state index contributed by atoms with van der Waals surface area (Å²) in [6.45, 7) is 0.244. The lowest BCUT2D eigenvalue weighted by molar-refractivity contribution is -0.124. The minimum absolute atomic E-state index is 0.0855. The molecule has 156 valence electrons. The molecule has 1 aromatic heterocycles. The summed E-state index contributed by atoms with van der Waals surface area (Å²) in [4.78, 5) is 17.4. The number of carbonyl (C=O) groups excluding carboxylic acids is 1. The molecular formula is C20H18ClN3O3S3. The minimum atomic E-state index is -3.82. The second kappa shape index (κ2) is 9.07. The number of aromatic nitrogens is 1. The highest BCUT2D eigenvalue weighted by Gasteiger charge is 2.40. The third kappa shape index (κ3) is 4.55. The van der Waals surface area contributed by atoms with Crippen molar-refractivity contribution in [2.24, 2.45) is 0 Å². The van der Waals surface area contributed by atoms with Gasteiger partial charge >= 0.3 is 0 Å². The van der Waals surface area contributed by atoms with Crippen LogP contribution in [0.5, 0.6) is 0 Å². The molecule has 1 amide bonds. The van der Waals surface area contributed by atoms with Crippen molar-refractivity contribution in [3.05, 3.63) is 70.7 Å². The molecule has 10 heteroatoms. The Hall–Kier alpha value is -1.91. The average molecular weight is 480 g/mol. The van der Waals surface area contributed by atoms with E-state index in [0.29, 0.717) is 10.8 Å². The van der Waals surface area contributed by atoms with Gasteiger partial charge in [-0.15, -0.1) is 23.1 Å². The van der Waals surface area contributed by atoms with Gasteiger partial charge in [0.1, 0.15) is 11.0 Å². The van der Waals surface area contributed by atoms with Gasteiger partial charge in [-0.3, -0.25) is 4.79 Å². The molecule has 1 N–H and O–H groups in total. The van der Waals surface area contributed by atoms with Crippen LogP contribution in [0.3, 0.4) is 0 Å². The van der Waals surface area contributed by atoms with Gasteiger partial charge in [-0.25, -0.2) is 13.4 Å². The van der Waals surface area contributed by atoms with Crippen molar-refractivity contribution in [3.63, 3.8) is 0 Å². The largest absolute Gasteiger partial charge is 0.349 e. The molecular weight excluding hydrogens is 462 g/mol. The molecule has 1 saturated heterocycles. The Balaban J connectivity index is 1.44. The third-order valence-corrected chi connectivity index (χ3v) is 8.77. The highest BCUT2D eigenvalue weighted by Crippen LogP contribution is 2.29. The lowest BCUT2D eigenvalue weighted by atomic mass is 10.2. The number of thiazole rings is 1. The lowest BCUT2D eigenvalue weighted by Gasteiger charge is -2.22. The zero-order valence-electron chi connectivity index (χ0n) is 15.7. The molecule has 1 atom stereocenters. The maximum absolute atomic E-state index is 13.0. The summed E-state index contributed by atoms with van der Waals surface area (Å²) in [5, 5.41) is 5.94. The SMILES string of the molecule is O=C(NCc1csc(-c2ccccc2)n1)C1CSCN1S(=O)(=O)c1cccc(Cl)c1. The van der Waals surface area contributed by atoms with Gasteiger partial charge in [0.15, 0.2) is 0 Å². The van der Waals surface area contributed by atoms with E-state index in [0.717, 1.165) is 16.3 Å². The van der Waals surface area contributed by atoms with Crippen LogP contribution in [-0.2, 0) is 21.4 Å². The Labute approximate surface area is 188 Å². The summed E-state index contributed by atoms with van der Waals surface area (Å²) in [6, 6.07) is 15.1. The summed E-state index contributed by atoms with van der Waals surface area (Å²) < 4.78 is 27.2. The van der Waals surface area contributed by atoms with E-state index >= 15 is 0 Å². The number of hydrogen-bond donors (Lipinski definition) is 1. The van der Waals surface area contributed by atoms with E-state index in [1.165, 1.54) is 39.5 Å². The van der Waals surface area contributed by atoms with Crippen LogP contribution in [0.15, 0.2) is 64.9 Å². The summed E-state index contributed by atoms with van der Waals surface area (Å²) in [6.07, 6.45) is 0. The van der Waals surface area contributed by atoms with E-state index in [4.69, 9.17) is 11.6 Å². The summed E-state index contributed by atoms with van der Waals surface area (Å²) >= 11 is 8.86. The van der Waals surface area contributed by atoms with Gasteiger partial charge in [-0.05, 0) is 18.2 Å². The molecule has 1 aliphatic heterocycles. The predicted molar refractivity (Wildman–Crippen MR) is 121 cm³/mol. The number of rotatable bonds is 6. The first-order valence-electron chi connectivity index (χ1n) is 9.08. The standard InChI is InChI=1S/C20H18ClN3O3S3/c21-15-7-4-8-17(9-15)30(26,27)24-13-28-12-18(24)19(25)22-10-16-11-29-20(23-16)14-5-2-1-3-6-14/h1-9,11,18H,10,12-13H2,(H,22,25). The maximum Gasteiger partial charge on any atom is 0.244 e. The van der Waals surface area contributed by atoms with Crippen molar-refractivity contribution >= 4 is 50.6 Å². The summed E-state index contributed by atoms with van der Waals surface area (Å²) in [5.74, 6) is 0.291. The van der Waals surface area contributed by atoms with E-state index in [9.17, 15) is 13.2 Å². The number of amides is 1. The normalized spacial score (nSPS) is 17.2. The van der Waals surface area contributed by atoms with Crippen LogP contribution in [0.2, 0.25) is 5.02 Å². The van der Waals surface area contributed by atoms with Crippen LogP contribution >= 0.6 is 34.7 Å². The van der Waals surface area contributed by atoms with Crippen molar-refractivity contribution in [1.82, 2.24) is 14.6 Å². The number of nitrogens with one attached hydrogen (secondary N) is 1. The van der Waals surface area contributed by atoms with E-state index in [2.05, 4.69) is 10.3 Å². The Morgan fingerprint density at radius 3 is 2.77 bits per heavy atom. The summed E-state index contributed by atoms with van der Waals surface area (Å²) in [5.41, 5.74) is 1.76. The Kier molecular flexibility index (Phi) is 6.45. The zero-order chi connectivity index (χ0) is 21.1. The lowest BCUT2D eigenvalue weighted by Crippen LogP contribution is -2.46. The molecule has 0 aliphatic carbocycles. The number of benzene rings is 2. The first-order chi connectivity index (χ1) is 14.4. The van der Waals surface area contributed by atoms with Gasteiger partial charge in [-0.1, -0.05) is 48.0 Å². The Morgan fingerprint density at radius 1 is 1.20 bits per heavy atom. The van der Waals surface area contributed by atoms with Crippen molar-refractivity contribution in [3.8, 4) is 10.6 Å². The average Bonchev–Trinajstić information content (AvgIpc) is 3.43. The molecule has 0 bridgehead atoms. The molecule has 0 spiro atoms. The topological polar surface area (TPSA) is 79.4 Å². The molecule has 1 aliphatic rings. The first-order valence-corrected chi connectivity index (χ1v) is 12.9. The molecule has 0 radical (unpaired) electrons. The van der Waals surface area contributed by atoms with Gasteiger partial charge in [-0.2, -0.15) is 4.31 Å². The number of carbonyl (C=O) groups is 1. The van der Waals surface area contributed by atoms with Gasteiger partial charge < -0.3 is 5.32 Å². The third-order valence-electron chi connectivity index (χ3n) is 4.56. The van der Waals surface area contributed by atoms with Crippen LogP contribution in [0.4, 0.5) is 0 Å². The van der Waals surface area contributed by atoms with E-state index in [1.54, 1.807) is 12.1 Å². The number of halogens is 1. The van der Waals surface area contributed by atoms with E-state index in [-0.39, 0.29) is 23.2 Å². The molecule has 1 unspecified atom stereocenters. The second-order valence-electron chi connectivity index (χ2n) is 6.59.